The van der Waals surface area contributed by atoms with Crippen LogP contribution in [0.25, 0.3) is 38.9 Å². The van der Waals surface area contributed by atoms with E-state index < -0.39 is 0 Å². The number of likely N-dealkylation sites (tertiary alicyclic amines) is 1. The largest absolute Gasteiger partial charge is 0.382 e. The first-order valence-corrected chi connectivity index (χ1v) is 15.3. The summed E-state index contributed by atoms with van der Waals surface area (Å²) in [7, 11) is 0. The summed E-state index contributed by atoms with van der Waals surface area (Å²) in [5.41, 5.74) is 18.4. The Morgan fingerprint density at radius 2 is 1.75 bits per heavy atom. The fourth-order valence-corrected chi connectivity index (χ4v) is 7.07. The van der Waals surface area contributed by atoms with E-state index in [0.29, 0.717) is 17.7 Å². The molecule has 4 N–H and O–H groups in total. The van der Waals surface area contributed by atoms with Crippen molar-refractivity contribution in [1.82, 2.24) is 29.5 Å². The van der Waals surface area contributed by atoms with Crippen molar-refractivity contribution in [2.24, 2.45) is 17.6 Å². The molecule has 2 fully saturated rings. The van der Waals surface area contributed by atoms with Gasteiger partial charge in [0.15, 0.2) is 5.82 Å². The molecule has 0 unspecified atom stereocenters. The summed E-state index contributed by atoms with van der Waals surface area (Å²) in [4.78, 5) is 28.7. The van der Waals surface area contributed by atoms with Gasteiger partial charge in [0, 0.05) is 51.1 Å². The van der Waals surface area contributed by atoms with Crippen LogP contribution in [-0.4, -0.2) is 55.0 Å². The molecule has 1 amide bonds. The minimum absolute atomic E-state index is 0. The molecule has 223 valence electrons. The van der Waals surface area contributed by atoms with Crippen molar-refractivity contribution in [2.75, 3.05) is 25.4 Å². The average molecular weight is 663 g/mol. The van der Waals surface area contributed by atoms with Gasteiger partial charge in [0.1, 0.15) is 23.4 Å². The van der Waals surface area contributed by atoms with Gasteiger partial charge in [-0.1, -0.05) is 42.0 Å². The summed E-state index contributed by atoms with van der Waals surface area (Å²) < 4.78 is 1.92. The molecule has 7 rings (SSSR count). The van der Waals surface area contributed by atoms with Gasteiger partial charge >= 0.3 is 0 Å². The number of primary amides is 1. The number of pyridine rings is 1. The van der Waals surface area contributed by atoms with E-state index in [1.165, 1.54) is 6.33 Å². The summed E-state index contributed by atoms with van der Waals surface area (Å²) in [5, 5.41) is 5.60. The zero-order valence-electron chi connectivity index (χ0n) is 25.1. The predicted molar refractivity (Wildman–Crippen MR) is 168 cm³/mol. The number of nitrogens with zero attached hydrogens (tertiary/aromatic N) is 6. The van der Waals surface area contributed by atoms with E-state index in [1.807, 2.05) is 28.8 Å². The molecular weight excluding hydrogens is 625 g/mol. The first-order chi connectivity index (χ1) is 21.0. The average Bonchev–Trinajstić information content (AvgIpc) is 3.43. The Kier molecular flexibility index (Phi) is 9.08. The number of fused-ring (bicyclic) bond motifs is 2. The molecule has 10 heteroatoms. The molecular formula is C34H37N8OY-. The normalized spacial score (nSPS) is 19.7. The Labute approximate surface area is 282 Å². The van der Waals surface area contributed by atoms with Crippen LogP contribution < -0.4 is 11.5 Å². The second kappa shape index (κ2) is 13.0. The maximum atomic E-state index is 11.5. The van der Waals surface area contributed by atoms with E-state index in [1.54, 1.807) is 0 Å². The van der Waals surface area contributed by atoms with E-state index >= 15 is 0 Å². The van der Waals surface area contributed by atoms with E-state index in [-0.39, 0.29) is 44.5 Å². The second-order valence-electron chi connectivity index (χ2n) is 12.2. The third-order valence-electron chi connectivity index (χ3n) is 9.56. The minimum atomic E-state index is -0.152. The van der Waals surface area contributed by atoms with Crippen molar-refractivity contribution in [3.05, 3.63) is 72.3 Å². The molecule has 1 saturated carbocycles. The van der Waals surface area contributed by atoms with Gasteiger partial charge < -0.3 is 21.4 Å². The number of aromatic nitrogens is 5. The van der Waals surface area contributed by atoms with E-state index in [2.05, 4.69) is 52.2 Å². The summed E-state index contributed by atoms with van der Waals surface area (Å²) in [6, 6.07) is 19.7. The predicted octanol–water partition coefficient (Wildman–Crippen LogP) is 5.17. The number of hydrogen-bond donors (Lipinski definition) is 2. The number of amides is 1. The van der Waals surface area contributed by atoms with Gasteiger partial charge in [0.05, 0.1) is 0 Å². The number of aryl methyl sites for hydroxylation is 1. The fraction of sp³-hybridized carbons (Fsp3) is 0.382. The first kappa shape index (κ1) is 30.7. The van der Waals surface area contributed by atoms with Gasteiger partial charge in [0.25, 0.3) is 0 Å². The molecule has 1 saturated heterocycles. The third-order valence-corrected chi connectivity index (χ3v) is 9.56. The number of piperidine rings is 1. The number of rotatable bonds is 6. The topological polar surface area (TPSA) is 128 Å². The molecule has 1 aliphatic carbocycles. The smallest absolute Gasteiger partial charge is 0.220 e. The summed E-state index contributed by atoms with van der Waals surface area (Å²) in [6.45, 7) is 5.10. The fourth-order valence-electron chi connectivity index (χ4n) is 7.07. The van der Waals surface area contributed by atoms with Crippen LogP contribution in [0, 0.1) is 24.8 Å². The van der Waals surface area contributed by atoms with Crippen LogP contribution in [0.4, 0.5) is 5.82 Å². The Morgan fingerprint density at radius 1 is 1.00 bits per heavy atom. The number of nitrogens with two attached hydrogens (primary N) is 2. The van der Waals surface area contributed by atoms with Crippen LogP contribution in [-0.2, 0) is 37.5 Å². The van der Waals surface area contributed by atoms with Gasteiger partial charge in [-0.25, -0.2) is 14.5 Å². The maximum Gasteiger partial charge on any atom is 0.220 e. The summed E-state index contributed by atoms with van der Waals surface area (Å²) >= 11 is 0. The number of carbonyl (C=O) groups is 1. The molecule has 44 heavy (non-hydrogen) atoms. The van der Waals surface area contributed by atoms with Crippen LogP contribution >= 0.6 is 0 Å². The van der Waals surface area contributed by atoms with Crippen molar-refractivity contribution in [3.8, 4) is 22.5 Å². The van der Waals surface area contributed by atoms with Crippen LogP contribution in [0.1, 0.15) is 55.8 Å². The number of carbonyl (C=O) groups excluding carboxylic acids is 1. The van der Waals surface area contributed by atoms with Gasteiger partial charge in [-0.15, -0.1) is 23.6 Å². The van der Waals surface area contributed by atoms with Gasteiger partial charge in [-0.3, -0.25) is 4.79 Å². The Morgan fingerprint density at radius 3 is 2.48 bits per heavy atom. The van der Waals surface area contributed by atoms with Crippen molar-refractivity contribution in [3.63, 3.8) is 0 Å². The molecule has 9 nitrogen and oxygen atoms in total. The quantitative estimate of drug-likeness (QED) is 0.240. The van der Waals surface area contributed by atoms with Gasteiger partial charge in [-0.05, 0) is 86.8 Å². The molecule has 4 heterocycles. The Bertz CT molecular complexity index is 1790. The Hall–Kier alpha value is -3.27. The molecule has 1 radical (unpaired) electrons. The number of anilines is 1. The Balaban J connectivity index is 0.00000343. The van der Waals surface area contributed by atoms with Crippen molar-refractivity contribution in [2.45, 2.75) is 51.4 Å². The molecule has 2 aromatic carbocycles. The van der Waals surface area contributed by atoms with E-state index in [0.717, 1.165) is 108 Å². The molecule has 0 spiro atoms. The van der Waals surface area contributed by atoms with Crippen LogP contribution in [0.2, 0.25) is 0 Å². The van der Waals surface area contributed by atoms with Gasteiger partial charge in [0.2, 0.25) is 5.91 Å². The zero-order valence-corrected chi connectivity index (χ0v) is 28.0. The molecule has 0 atom stereocenters. The number of benzene rings is 2. The molecule has 0 bridgehead atoms. The third kappa shape index (κ3) is 5.89. The second-order valence-corrected chi connectivity index (χ2v) is 12.2. The van der Waals surface area contributed by atoms with E-state index in [4.69, 9.17) is 21.4 Å². The number of hydrogen-bond acceptors (Lipinski definition) is 7. The minimum Gasteiger partial charge on any atom is -0.382 e. The number of imidazole rings is 1. The molecule has 2 aliphatic rings. The first-order valence-electron chi connectivity index (χ1n) is 15.3. The zero-order chi connectivity index (χ0) is 29.5. The monoisotopic (exact) mass is 662 g/mol. The van der Waals surface area contributed by atoms with Crippen LogP contribution in [0.5, 0.6) is 0 Å². The molecule has 1 aliphatic heterocycles. The summed E-state index contributed by atoms with van der Waals surface area (Å²) in [6.07, 6.45) is 7.67. The van der Waals surface area contributed by atoms with Gasteiger partial charge in [-0.2, -0.15) is 5.10 Å². The standard InChI is InChI=1S/C34H37N8O.Y/c1-21-27(13-11-24-12-14-28(39-29(21)24)23-5-3-2-4-6-23)30-31-32(35)37-20-38-42(31)34(40-30)26-9-7-22(8-10-26)19-41-17-15-25(16-18-41)33(36)43;/h2-6,11,13-14,20,22,25-26H,7-10,15-19H2,1H3,(H2,36,43)(H2,35,37,38);/q-1;. The maximum absolute atomic E-state index is 11.5. The van der Waals surface area contributed by atoms with Crippen molar-refractivity contribution < 1.29 is 37.5 Å². The molecule has 3 aromatic heterocycles. The van der Waals surface area contributed by atoms with Crippen molar-refractivity contribution in [1.29, 1.82) is 0 Å². The van der Waals surface area contributed by atoms with E-state index in [9.17, 15) is 4.79 Å². The van der Waals surface area contributed by atoms with Crippen molar-refractivity contribution >= 4 is 28.1 Å². The number of nitrogen functional groups attached to an aromatic ring is 1. The van der Waals surface area contributed by atoms with Crippen LogP contribution in [0.15, 0.2) is 54.9 Å². The molecule has 5 aromatic rings. The SMILES string of the molecule is Cc1c(-c2nc(C3CCC(CN4CCC(C(N)=O)CC4)CC3)n3ncnc(N)c23)ccc2[c-]cc(-c3ccccc3)nc12.[Y]. The summed E-state index contributed by atoms with van der Waals surface area (Å²) in [5.74, 6) is 2.21. The van der Waals surface area contributed by atoms with Crippen LogP contribution in [0.3, 0.4) is 0 Å².